The van der Waals surface area contributed by atoms with Gasteiger partial charge in [-0.05, 0) is 29.9 Å². The van der Waals surface area contributed by atoms with Crippen LogP contribution in [0.15, 0.2) is 29.1 Å². The number of anilines is 1. The van der Waals surface area contributed by atoms with Gasteiger partial charge in [0.2, 0.25) is 0 Å². The molecule has 0 spiro atoms. The van der Waals surface area contributed by atoms with Crippen molar-refractivity contribution < 1.29 is 4.74 Å². The smallest absolute Gasteiger partial charge is 0.261 e. The first kappa shape index (κ1) is 11.4. The Morgan fingerprint density at radius 1 is 1.35 bits per heavy atom. The van der Waals surface area contributed by atoms with Gasteiger partial charge in [0.1, 0.15) is 11.6 Å². The van der Waals surface area contributed by atoms with E-state index in [1.54, 1.807) is 31.4 Å². The molecule has 0 aliphatic rings. The molecule has 0 unspecified atom stereocenters. The van der Waals surface area contributed by atoms with Crippen LogP contribution in [0.25, 0.3) is 11.1 Å². The summed E-state index contributed by atoms with van der Waals surface area (Å²) in [6.07, 6.45) is 0. The van der Waals surface area contributed by atoms with Gasteiger partial charge in [-0.3, -0.25) is 9.78 Å². The van der Waals surface area contributed by atoms with Crippen molar-refractivity contribution in [1.82, 2.24) is 9.97 Å². The zero-order valence-corrected chi connectivity index (χ0v) is 9.93. The summed E-state index contributed by atoms with van der Waals surface area (Å²) in [7, 11) is 1.56. The van der Waals surface area contributed by atoms with Gasteiger partial charge in [-0.1, -0.05) is 12.1 Å². The molecule has 0 saturated heterocycles. The lowest BCUT2D eigenvalue weighted by Gasteiger charge is -2.06. The fraction of sp³-hybridized carbons (Fsp3) is 0.0909. The molecular formula is C11H11N3O2S. The fourth-order valence-corrected chi connectivity index (χ4v) is 1.77. The third kappa shape index (κ3) is 2.21. The van der Waals surface area contributed by atoms with E-state index in [0.29, 0.717) is 16.9 Å². The molecule has 2 aromatic rings. The van der Waals surface area contributed by atoms with Gasteiger partial charge in [-0.15, -0.1) is 0 Å². The summed E-state index contributed by atoms with van der Waals surface area (Å²) in [5.74, 6) is 0.899. The SMILES string of the molecule is COc1cccc(-c2c(N)[nH]c(=S)[nH]c2=O)c1. The van der Waals surface area contributed by atoms with Gasteiger partial charge in [0.05, 0.1) is 12.7 Å². The van der Waals surface area contributed by atoms with Crippen LogP contribution >= 0.6 is 12.2 Å². The van der Waals surface area contributed by atoms with E-state index in [9.17, 15) is 4.79 Å². The minimum absolute atomic E-state index is 0.208. The number of aromatic amines is 2. The third-order valence-electron chi connectivity index (χ3n) is 2.33. The molecule has 17 heavy (non-hydrogen) atoms. The van der Waals surface area contributed by atoms with Gasteiger partial charge in [-0.25, -0.2) is 0 Å². The number of rotatable bonds is 2. The van der Waals surface area contributed by atoms with Crippen molar-refractivity contribution in [3.8, 4) is 16.9 Å². The van der Waals surface area contributed by atoms with Crippen molar-refractivity contribution in [2.75, 3.05) is 12.8 Å². The Balaban J connectivity index is 2.68. The van der Waals surface area contributed by atoms with Crippen LogP contribution in [0.5, 0.6) is 5.75 Å². The number of ether oxygens (including phenoxy) is 1. The molecule has 0 radical (unpaired) electrons. The van der Waals surface area contributed by atoms with Crippen LogP contribution in [-0.2, 0) is 0 Å². The molecule has 0 amide bonds. The number of hydrogen-bond donors (Lipinski definition) is 3. The number of aromatic nitrogens is 2. The normalized spacial score (nSPS) is 10.2. The number of methoxy groups -OCH3 is 1. The number of nitrogens with one attached hydrogen (secondary N) is 2. The van der Waals surface area contributed by atoms with E-state index >= 15 is 0 Å². The molecule has 2 rings (SSSR count). The number of hydrogen-bond acceptors (Lipinski definition) is 4. The lowest BCUT2D eigenvalue weighted by Crippen LogP contribution is -2.13. The van der Waals surface area contributed by atoms with Crippen molar-refractivity contribution in [2.45, 2.75) is 0 Å². The van der Waals surface area contributed by atoms with Crippen LogP contribution in [0.2, 0.25) is 0 Å². The fourth-order valence-electron chi connectivity index (χ4n) is 1.57. The van der Waals surface area contributed by atoms with E-state index in [4.69, 9.17) is 22.7 Å². The summed E-state index contributed by atoms with van der Waals surface area (Å²) in [6.45, 7) is 0. The van der Waals surface area contributed by atoms with Crippen molar-refractivity contribution in [1.29, 1.82) is 0 Å². The van der Waals surface area contributed by atoms with Crippen LogP contribution in [0.3, 0.4) is 0 Å². The van der Waals surface area contributed by atoms with Crippen molar-refractivity contribution >= 4 is 18.0 Å². The van der Waals surface area contributed by atoms with Crippen molar-refractivity contribution in [3.05, 3.63) is 39.4 Å². The molecule has 1 aromatic heterocycles. The topological polar surface area (TPSA) is 83.9 Å². The Kier molecular flexibility index (Phi) is 2.97. The molecule has 0 fully saturated rings. The predicted molar refractivity (Wildman–Crippen MR) is 68.6 cm³/mol. The summed E-state index contributed by atoms with van der Waals surface area (Å²) in [4.78, 5) is 17.0. The monoisotopic (exact) mass is 249 g/mol. The van der Waals surface area contributed by atoms with Gasteiger partial charge in [0, 0.05) is 0 Å². The van der Waals surface area contributed by atoms with Crippen LogP contribution in [0, 0.1) is 4.77 Å². The number of H-pyrrole nitrogens is 2. The minimum Gasteiger partial charge on any atom is -0.497 e. The quantitative estimate of drug-likeness (QED) is 0.707. The Morgan fingerprint density at radius 2 is 2.12 bits per heavy atom. The van der Waals surface area contributed by atoms with Crippen LogP contribution in [0.4, 0.5) is 5.82 Å². The second-order valence-electron chi connectivity index (χ2n) is 3.43. The Hall–Kier alpha value is -2.08. The van der Waals surface area contributed by atoms with Gasteiger partial charge in [0.15, 0.2) is 4.77 Å². The molecule has 1 aromatic carbocycles. The number of benzene rings is 1. The highest BCUT2D eigenvalue weighted by Gasteiger charge is 2.09. The van der Waals surface area contributed by atoms with Crippen LogP contribution in [0.1, 0.15) is 0 Å². The molecule has 6 heteroatoms. The molecule has 88 valence electrons. The minimum atomic E-state index is -0.320. The van der Waals surface area contributed by atoms with Gasteiger partial charge < -0.3 is 15.5 Å². The molecule has 0 bridgehead atoms. The molecule has 0 aliphatic heterocycles. The van der Waals surface area contributed by atoms with Gasteiger partial charge in [0.25, 0.3) is 5.56 Å². The van der Waals surface area contributed by atoms with Crippen molar-refractivity contribution in [3.63, 3.8) is 0 Å². The first-order valence-corrected chi connectivity index (χ1v) is 5.29. The largest absolute Gasteiger partial charge is 0.497 e. The van der Waals surface area contributed by atoms with E-state index in [0.717, 1.165) is 0 Å². The molecule has 5 nitrogen and oxygen atoms in total. The molecule has 0 saturated carbocycles. The third-order valence-corrected chi connectivity index (χ3v) is 2.53. The average molecular weight is 249 g/mol. The summed E-state index contributed by atoms with van der Waals surface area (Å²) < 4.78 is 5.30. The van der Waals surface area contributed by atoms with E-state index in [2.05, 4.69) is 9.97 Å². The highest BCUT2D eigenvalue weighted by molar-refractivity contribution is 7.71. The zero-order chi connectivity index (χ0) is 12.4. The highest BCUT2D eigenvalue weighted by Crippen LogP contribution is 2.23. The molecule has 4 N–H and O–H groups in total. The Morgan fingerprint density at radius 3 is 2.76 bits per heavy atom. The summed E-state index contributed by atoms with van der Waals surface area (Å²) >= 11 is 4.83. The highest BCUT2D eigenvalue weighted by atomic mass is 32.1. The van der Waals surface area contributed by atoms with Crippen LogP contribution < -0.4 is 16.0 Å². The standard InChI is InChI=1S/C11H11N3O2S/c1-16-7-4-2-3-6(5-7)8-9(12)13-11(17)14-10(8)15/h2-5H,1H3,(H4,12,13,14,15,17). The predicted octanol–water partition coefficient (Wildman–Crippen LogP) is 1.69. The maximum absolute atomic E-state index is 11.8. The molecule has 0 aliphatic carbocycles. The summed E-state index contributed by atoms with van der Waals surface area (Å²) in [5, 5.41) is 0. The van der Waals surface area contributed by atoms with E-state index < -0.39 is 0 Å². The zero-order valence-electron chi connectivity index (χ0n) is 9.11. The van der Waals surface area contributed by atoms with Gasteiger partial charge in [-0.2, -0.15) is 0 Å². The Labute approximate surface area is 102 Å². The molecule has 0 atom stereocenters. The van der Waals surface area contributed by atoms with E-state index in [-0.39, 0.29) is 16.1 Å². The molecule has 1 heterocycles. The lowest BCUT2D eigenvalue weighted by atomic mass is 10.1. The number of nitrogen functional groups attached to an aromatic ring is 1. The maximum atomic E-state index is 11.8. The van der Waals surface area contributed by atoms with E-state index in [1.807, 2.05) is 0 Å². The summed E-state index contributed by atoms with van der Waals surface area (Å²) in [6, 6.07) is 7.09. The second-order valence-corrected chi connectivity index (χ2v) is 3.84. The van der Waals surface area contributed by atoms with Crippen molar-refractivity contribution in [2.24, 2.45) is 0 Å². The van der Waals surface area contributed by atoms with E-state index in [1.165, 1.54) is 0 Å². The first-order valence-electron chi connectivity index (χ1n) is 4.88. The molecular weight excluding hydrogens is 238 g/mol. The maximum Gasteiger partial charge on any atom is 0.261 e. The second kappa shape index (κ2) is 4.42. The Bertz CT molecular complexity index is 660. The summed E-state index contributed by atoms with van der Waals surface area (Å²) in [5.41, 5.74) is 6.48. The lowest BCUT2D eigenvalue weighted by molar-refractivity contribution is 0.415. The average Bonchev–Trinajstić information content (AvgIpc) is 2.28. The van der Waals surface area contributed by atoms with Crippen LogP contribution in [-0.4, -0.2) is 17.1 Å². The van der Waals surface area contributed by atoms with Gasteiger partial charge >= 0.3 is 0 Å². The first-order chi connectivity index (χ1) is 8.11. The number of nitrogens with two attached hydrogens (primary N) is 1.